The molecule has 0 saturated carbocycles. The van der Waals surface area contributed by atoms with Crippen LogP contribution in [0.15, 0.2) is 48.8 Å². The van der Waals surface area contributed by atoms with E-state index in [4.69, 9.17) is 0 Å². The number of hydrogen-bond donors (Lipinski definition) is 2. The lowest BCUT2D eigenvalue weighted by Gasteiger charge is -2.33. The van der Waals surface area contributed by atoms with Crippen molar-refractivity contribution >= 4 is 23.4 Å². The van der Waals surface area contributed by atoms with E-state index in [0.717, 1.165) is 44.5 Å². The number of aromatic nitrogens is 1. The second-order valence-electron chi connectivity index (χ2n) is 10.6. The lowest BCUT2D eigenvalue weighted by molar-refractivity contribution is -0.132. The van der Waals surface area contributed by atoms with Gasteiger partial charge in [0.25, 0.3) is 0 Å². The Morgan fingerprint density at radius 3 is 2.42 bits per heavy atom. The molecule has 4 rings (SSSR count). The minimum absolute atomic E-state index is 0.0452. The molecule has 8 nitrogen and oxygen atoms in total. The molecule has 1 aromatic heterocycles. The summed E-state index contributed by atoms with van der Waals surface area (Å²) in [7, 11) is 0. The van der Waals surface area contributed by atoms with E-state index in [0.29, 0.717) is 17.7 Å². The molecule has 2 aliphatic rings. The van der Waals surface area contributed by atoms with Crippen molar-refractivity contribution in [1.29, 1.82) is 0 Å². The van der Waals surface area contributed by atoms with Crippen molar-refractivity contribution in [3.8, 4) is 0 Å². The molecule has 2 saturated heterocycles. The van der Waals surface area contributed by atoms with Crippen molar-refractivity contribution in [3.63, 3.8) is 0 Å². The minimum Gasteiger partial charge on any atom is -0.345 e. The predicted molar refractivity (Wildman–Crippen MR) is 139 cm³/mol. The summed E-state index contributed by atoms with van der Waals surface area (Å²) in [5.74, 6) is -0.664. The fourth-order valence-electron chi connectivity index (χ4n) is 4.88. The highest BCUT2D eigenvalue weighted by atomic mass is 16.2. The van der Waals surface area contributed by atoms with Gasteiger partial charge >= 0.3 is 0 Å². The van der Waals surface area contributed by atoms with Gasteiger partial charge in [-0.25, -0.2) is 0 Å². The highest BCUT2D eigenvalue weighted by Gasteiger charge is 2.37. The van der Waals surface area contributed by atoms with Gasteiger partial charge < -0.3 is 15.5 Å². The third-order valence-corrected chi connectivity index (χ3v) is 6.99. The highest BCUT2D eigenvalue weighted by Crippen LogP contribution is 2.32. The number of amides is 3. The van der Waals surface area contributed by atoms with Crippen LogP contribution >= 0.6 is 0 Å². The van der Waals surface area contributed by atoms with E-state index in [1.807, 2.05) is 24.3 Å². The molecule has 8 heteroatoms. The molecule has 36 heavy (non-hydrogen) atoms. The van der Waals surface area contributed by atoms with Crippen molar-refractivity contribution < 1.29 is 14.4 Å². The smallest absolute Gasteiger partial charge is 0.248 e. The van der Waals surface area contributed by atoms with Crippen LogP contribution in [0.4, 0.5) is 5.69 Å². The molecule has 2 aliphatic heterocycles. The Morgan fingerprint density at radius 2 is 1.83 bits per heavy atom. The van der Waals surface area contributed by atoms with Crippen LogP contribution in [0.5, 0.6) is 0 Å². The molecule has 0 aliphatic carbocycles. The average Bonchev–Trinajstić information content (AvgIpc) is 3.60. The number of carbonyl (C=O) groups excluding carboxylic acids is 3. The molecule has 192 valence electrons. The van der Waals surface area contributed by atoms with Gasteiger partial charge in [0.15, 0.2) is 0 Å². The molecule has 3 heterocycles. The van der Waals surface area contributed by atoms with Crippen LogP contribution in [0, 0.1) is 0 Å². The number of likely N-dealkylation sites (tertiary alicyclic amines) is 1. The molecule has 0 spiro atoms. The van der Waals surface area contributed by atoms with Gasteiger partial charge in [-0.3, -0.25) is 24.3 Å². The maximum Gasteiger partial charge on any atom is 0.248 e. The lowest BCUT2D eigenvalue weighted by atomic mass is 9.87. The van der Waals surface area contributed by atoms with Crippen molar-refractivity contribution in [2.45, 2.75) is 64.0 Å². The first kappa shape index (κ1) is 25.8. The summed E-state index contributed by atoms with van der Waals surface area (Å²) in [6.45, 7) is 8.52. The normalized spacial score (nSPS) is 18.6. The van der Waals surface area contributed by atoms with Gasteiger partial charge in [0, 0.05) is 36.7 Å². The molecule has 2 unspecified atom stereocenters. The quantitative estimate of drug-likeness (QED) is 0.621. The van der Waals surface area contributed by atoms with E-state index in [1.54, 1.807) is 34.3 Å². The predicted octanol–water partition coefficient (Wildman–Crippen LogP) is 2.94. The van der Waals surface area contributed by atoms with Crippen molar-refractivity contribution in [2.24, 2.45) is 0 Å². The van der Waals surface area contributed by atoms with E-state index in [2.05, 4.69) is 36.4 Å². The fourth-order valence-corrected chi connectivity index (χ4v) is 4.88. The van der Waals surface area contributed by atoms with Gasteiger partial charge in [-0.15, -0.1) is 0 Å². The number of benzene rings is 1. The number of rotatable bonds is 7. The van der Waals surface area contributed by atoms with Crippen LogP contribution < -0.4 is 15.5 Å². The standard InChI is InChI=1S/C28H37N5O3/c1-28(2,3)21-10-12-22(13-11-21)33(27(36)23-9-7-15-30-23)25(20-8-6-14-29-18-20)26(35)31-19-24(34)32-16-4-5-17-32/h6,8,10-14,18,23,25,30H,4-5,7,9,15-17,19H2,1-3H3,(H,31,35). The number of hydrogen-bond acceptors (Lipinski definition) is 5. The summed E-state index contributed by atoms with van der Waals surface area (Å²) >= 11 is 0. The number of anilines is 1. The third-order valence-electron chi connectivity index (χ3n) is 6.99. The largest absolute Gasteiger partial charge is 0.345 e. The second kappa shape index (κ2) is 11.2. The monoisotopic (exact) mass is 491 g/mol. The molecule has 0 radical (unpaired) electrons. The summed E-state index contributed by atoms with van der Waals surface area (Å²) in [5.41, 5.74) is 2.32. The van der Waals surface area contributed by atoms with Gasteiger partial charge in [0.1, 0.15) is 6.04 Å². The van der Waals surface area contributed by atoms with Gasteiger partial charge in [-0.05, 0) is 61.4 Å². The molecule has 2 N–H and O–H groups in total. The van der Waals surface area contributed by atoms with Gasteiger partial charge in [-0.2, -0.15) is 0 Å². The zero-order valence-corrected chi connectivity index (χ0v) is 21.5. The minimum atomic E-state index is -0.958. The average molecular weight is 492 g/mol. The van der Waals surface area contributed by atoms with Crippen LogP contribution in [-0.4, -0.2) is 59.8 Å². The van der Waals surface area contributed by atoms with Crippen LogP contribution in [0.2, 0.25) is 0 Å². The van der Waals surface area contributed by atoms with E-state index < -0.39 is 11.9 Å². The molecule has 1 aromatic carbocycles. The fraction of sp³-hybridized carbons (Fsp3) is 0.500. The second-order valence-corrected chi connectivity index (χ2v) is 10.6. The molecule has 3 amide bonds. The van der Waals surface area contributed by atoms with Gasteiger partial charge in [0.2, 0.25) is 17.7 Å². The van der Waals surface area contributed by atoms with E-state index >= 15 is 0 Å². The molecule has 2 atom stereocenters. The van der Waals surface area contributed by atoms with Crippen LogP contribution in [0.1, 0.15) is 63.6 Å². The van der Waals surface area contributed by atoms with Crippen molar-refractivity contribution in [1.82, 2.24) is 20.5 Å². The maximum atomic E-state index is 13.9. The first-order chi connectivity index (χ1) is 17.3. The maximum absolute atomic E-state index is 13.9. The highest BCUT2D eigenvalue weighted by molar-refractivity contribution is 6.04. The van der Waals surface area contributed by atoms with Crippen LogP contribution in [0.25, 0.3) is 0 Å². The van der Waals surface area contributed by atoms with E-state index in [9.17, 15) is 14.4 Å². The Kier molecular flexibility index (Phi) is 8.04. The van der Waals surface area contributed by atoms with E-state index in [-0.39, 0.29) is 29.8 Å². The number of pyridine rings is 1. The molecule has 2 aromatic rings. The number of nitrogens with zero attached hydrogens (tertiary/aromatic N) is 3. The number of carbonyl (C=O) groups is 3. The lowest BCUT2D eigenvalue weighted by Crippen LogP contribution is -2.51. The Labute approximate surface area is 213 Å². The Hall–Kier alpha value is -3.26. The summed E-state index contributed by atoms with van der Waals surface area (Å²) in [6.07, 6.45) is 6.83. The zero-order valence-electron chi connectivity index (χ0n) is 21.5. The van der Waals surface area contributed by atoms with Gasteiger partial charge in [-0.1, -0.05) is 39.0 Å². The molecular weight excluding hydrogens is 454 g/mol. The first-order valence-electron chi connectivity index (χ1n) is 12.9. The van der Waals surface area contributed by atoms with E-state index in [1.165, 1.54) is 0 Å². The van der Waals surface area contributed by atoms with Crippen LogP contribution in [-0.2, 0) is 19.8 Å². The summed E-state index contributed by atoms with van der Waals surface area (Å²) in [5, 5.41) is 6.09. The number of nitrogens with one attached hydrogen (secondary N) is 2. The molecule has 2 fully saturated rings. The Bertz CT molecular complexity index is 1050. The van der Waals surface area contributed by atoms with Crippen LogP contribution in [0.3, 0.4) is 0 Å². The Morgan fingerprint density at radius 1 is 1.11 bits per heavy atom. The summed E-state index contributed by atoms with van der Waals surface area (Å²) < 4.78 is 0. The SMILES string of the molecule is CC(C)(C)c1ccc(N(C(=O)C2CCCN2)C(C(=O)NCC(=O)N2CCCC2)c2cccnc2)cc1. The zero-order chi connectivity index (χ0) is 25.7. The van der Waals surface area contributed by atoms with Crippen molar-refractivity contribution in [3.05, 3.63) is 59.9 Å². The molecular formula is C28H37N5O3. The summed E-state index contributed by atoms with van der Waals surface area (Å²) in [6, 6.07) is 10.0. The molecule has 0 bridgehead atoms. The first-order valence-corrected chi connectivity index (χ1v) is 12.9. The van der Waals surface area contributed by atoms with Gasteiger partial charge in [0.05, 0.1) is 12.6 Å². The Balaban J connectivity index is 1.68. The summed E-state index contributed by atoms with van der Waals surface area (Å²) in [4.78, 5) is 47.8. The van der Waals surface area contributed by atoms with Crippen molar-refractivity contribution in [2.75, 3.05) is 31.1 Å². The topological polar surface area (TPSA) is 94.6 Å². The third kappa shape index (κ3) is 5.93.